The van der Waals surface area contributed by atoms with Crippen LogP contribution in [0.15, 0.2) is 40.8 Å². The summed E-state index contributed by atoms with van der Waals surface area (Å²) in [7, 11) is 0. The molecule has 1 saturated carbocycles. The van der Waals surface area contributed by atoms with E-state index in [0.29, 0.717) is 5.13 Å². The number of hydrogen-bond donors (Lipinski definition) is 0. The highest BCUT2D eigenvalue weighted by molar-refractivity contribution is 7.14. The molecule has 4 nitrogen and oxygen atoms in total. The van der Waals surface area contributed by atoms with E-state index in [1.165, 1.54) is 16.3 Å². The molecule has 2 heterocycles. The summed E-state index contributed by atoms with van der Waals surface area (Å²) in [5.41, 5.74) is 2.59. The minimum absolute atomic E-state index is 0.0870. The van der Waals surface area contributed by atoms with Gasteiger partial charge < -0.3 is 0 Å². The lowest BCUT2D eigenvalue weighted by atomic mass is 10.0. The number of carbonyl (C=O) groups excluding carboxylic acids is 1. The number of nitrogens with zero attached hydrogens (tertiary/aromatic N) is 3. The van der Waals surface area contributed by atoms with Crippen LogP contribution in [0.5, 0.6) is 0 Å². The number of carbonyl (C=O) groups is 1. The van der Waals surface area contributed by atoms with Gasteiger partial charge in [0.25, 0.3) is 5.91 Å². The lowest BCUT2D eigenvalue weighted by Gasteiger charge is -2.09. The van der Waals surface area contributed by atoms with E-state index in [2.05, 4.69) is 10.1 Å². The molecule has 1 aromatic carbocycles. The summed E-state index contributed by atoms with van der Waals surface area (Å²) >= 11 is 1.46. The van der Waals surface area contributed by atoms with Gasteiger partial charge in [0.05, 0.1) is 16.8 Å². The zero-order chi connectivity index (χ0) is 13.7. The molecule has 1 spiro atoms. The fourth-order valence-electron chi connectivity index (χ4n) is 2.58. The minimum Gasteiger partial charge on any atom is -0.271 e. The summed E-state index contributed by atoms with van der Waals surface area (Å²) in [5.74, 6) is 0.0870. The molecule has 2 aromatic rings. The number of amides is 1. The van der Waals surface area contributed by atoms with Crippen LogP contribution in [0.3, 0.4) is 0 Å². The molecule has 4 rings (SSSR count). The van der Waals surface area contributed by atoms with Crippen LogP contribution in [-0.2, 0) is 4.79 Å². The highest BCUT2D eigenvalue weighted by atomic mass is 32.1. The van der Waals surface area contributed by atoms with Crippen molar-refractivity contribution >= 4 is 28.1 Å². The zero-order valence-corrected chi connectivity index (χ0v) is 11.9. The van der Waals surface area contributed by atoms with Crippen LogP contribution in [0.2, 0.25) is 0 Å². The van der Waals surface area contributed by atoms with Crippen LogP contribution >= 0.6 is 11.3 Å². The Bertz CT molecular complexity index is 716. The molecule has 0 N–H and O–H groups in total. The fraction of sp³-hybridized carbons (Fsp3) is 0.267. The highest BCUT2D eigenvalue weighted by Gasteiger charge is 2.58. The van der Waals surface area contributed by atoms with Crippen molar-refractivity contribution in [3.8, 4) is 11.3 Å². The van der Waals surface area contributed by atoms with E-state index in [4.69, 9.17) is 0 Å². The fourth-order valence-corrected chi connectivity index (χ4v) is 3.36. The molecular formula is C15H13N3OS. The molecule has 0 radical (unpaired) electrons. The first-order valence-electron chi connectivity index (χ1n) is 6.62. The Balaban J connectivity index is 1.68. The minimum atomic E-state index is -0.293. The van der Waals surface area contributed by atoms with Gasteiger partial charge in [0.15, 0.2) is 0 Å². The van der Waals surface area contributed by atoms with Gasteiger partial charge in [-0.15, -0.1) is 11.3 Å². The molecule has 1 fully saturated rings. The van der Waals surface area contributed by atoms with Crippen molar-refractivity contribution in [3.05, 3.63) is 35.7 Å². The summed E-state index contributed by atoms with van der Waals surface area (Å²) in [4.78, 5) is 17.0. The molecule has 0 atom stereocenters. The smallest absolute Gasteiger partial charge is 0.261 e. The molecule has 100 valence electrons. The van der Waals surface area contributed by atoms with Gasteiger partial charge >= 0.3 is 0 Å². The van der Waals surface area contributed by atoms with Crippen LogP contribution in [0.4, 0.5) is 5.13 Å². The second-order valence-electron chi connectivity index (χ2n) is 5.27. The number of hydrogen-bond acceptors (Lipinski definition) is 4. The topological polar surface area (TPSA) is 45.6 Å². The number of thiazole rings is 1. The van der Waals surface area contributed by atoms with Crippen LogP contribution < -0.4 is 5.01 Å². The van der Waals surface area contributed by atoms with Gasteiger partial charge in [0.1, 0.15) is 0 Å². The summed E-state index contributed by atoms with van der Waals surface area (Å²) in [6.07, 6.45) is 1.85. The first-order chi connectivity index (χ1) is 9.71. The van der Waals surface area contributed by atoms with Crippen LogP contribution in [-0.4, -0.2) is 16.6 Å². The number of benzene rings is 1. The van der Waals surface area contributed by atoms with Crippen LogP contribution in [0.25, 0.3) is 11.3 Å². The molecule has 20 heavy (non-hydrogen) atoms. The normalized spacial score (nSPS) is 19.6. The van der Waals surface area contributed by atoms with E-state index in [9.17, 15) is 4.79 Å². The maximum atomic E-state index is 12.4. The summed E-state index contributed by atoms with van der Waals surface area (Å²) in [6, 6.07) is 9.97. The molecular weight excluding hydrogens is 270 g/mol. The number of anilines is 1. The number of hydrazone groups is 1. The predicted octanol–water partition coefficient (Wildman–Crippen LogP) is 3.31. The van der Waals surface area contributed by atoms with Gasteiger partial charge in [-0.1, -0.05) is 30.3 Å². The quantitative estimate of drug-likeness (QED) is 0.848. The lowest BCUT2D eigenvalue weighted by Crippen LogP contribution is -2.28. The average molecular weight is 283 g/mol. The first kappa shape index (κ1) is 11.8. The molecule has 1 aliphatic carbocycles. The van der Waals surface area contributed by atoms with E-state index < -0.39 is 0 Å². The molecule has 0 bridgehead atoms. The first-order valence-corrected chi connectivity index (χ1v) is 7.50. The van der Waals surface area contributed by atoms with E-state index in [-0.39, 0.29) is 11.3 Å². The largest absolute Gasteiger partial charge is 0.271 e. The van der Waals surface area contributed by atoms with E-state index in [0.717, 1.165) is 29.8 Å². The Hall–Kier alpha value is -2.01. The SMILES string of the molecule is CC1=NN(c2nc(-c3ccccc3)cs2)C(=O)C12CC2. The highest BCUT2D eigenvalue weighted by Crippen LogP contribution is 2.52. The second-order valence-corrected chi connectivity index (χ2v) is 6.10. The van der Waals surface area contributed by atoms with Crippen molar-refractivity contribution in [3.63, 3.8) is 0 Å². The van der Waals surface area contributed by atoms with Gasteiger partial charge in [0, 0.05) is 10.9 Å². The Morgan fingerprint density at radius 3 is 2.65 bits per heavy atom. The Morgan fingerprint density at radius 1 is 1.25 bits per heavy atom. The van der Waals surface area contributed by atoms with Crippen molar-refractivity contribution in [1.82, 2.24) is 4.98 Å². The third-order valence-electron chi connectivity index (χ3n) is 4.04. The lowest BCUT2D eigenvalue weighted by molar-refractivity contribution is -0.120. The van der Waals surface area contributed by atoms with E-state index in [1.54, 1.807) is 0 Å². The molecule has 1 amide bonds. The van der Waals surface area contributed by atoms with Crippen molar-refractivity contribution in [2.45, 2.75) is 19.8 Å². The predicted molar refractivity (Wildman–Crippen MR) is 79.8 cm³/mol. The molecule has 0 unspecified atom stereocenters. The summed E-state index contributed by atoms with van der Waals surface area (Å²) in [5, 5.41) is 8.53. The average Bonchev–Trinajstić information content (AvgIpc) is 3.09. The van der Waals surface area contributed by atoms with Gasteiger partial charge in [-0.3, -0.25) is 4.79 Å². The number of aromatic nitrogens is 1. The van der Waals surface area contributed by atoms with Crippen molar-refractivity contribution in [2.24, 2.45) is 10.5 Å². The Morgan fingerprint density at radius 2 is 2.00 bits per heavy atom. The molecule has 0 saturated heterocycles. The molecule has 2 aliphatic rings. The van der Waals surface area contributed by atoms with Gasteiger partial charge in [-0.05, 0) is 19.8 Å². The third-order valence-corrected chi connectivity index (χ3v) is 4.85. The summed E-state index contributed by atoms with van der Waals surface area (Å²) in [6.45, 7) is 1.94. The standard InChI is InChI=1S/C15H13N3OS/c1-10-15(7-8-15)13(19)18(17-10)14-16-12(9-20-14)11-5-3-2-4-6-11/h2-6,9H,7-8H2,1H3. The molecule has 1 aromatic heterocycles. The van der Waals surface area contributed by atoms with Gasteiger partial charge in [-0.25, -0.2) is 4.98 Å². The van der Waals surface area contributed by atoms with Crippen LogP contribution in [0, 0.1) is 5.41 Å². The monoisotopic (exact) mass is 283 g/mol. The van der Waals surface area contributed by atoms with Crippen molar-refractivity contribution < 1.29 is 4.79 Å². The Kier molecular flexibility index (Phi) is 2.35. The maximum Gasteiger partial charge on any atom is 0.261 e. The third kappa shape index (κ3) is 1.56. The van der Waals surface area contributed by atoms with Gasteiger partial charge in [0.2, 0.25) is 5.13 Å². The summed E-state index contributed by atoms with van der Waals surface area (Å²) < 4.78 is 0. The van der Waals surface area contributed by atoms with E-state index in [1.807, 2.05) is 42.6 Å². The second kappa shape index (κ2) is 3.99. The van der Waals surface area contributed by atoms with Crippen LogP contribution in [0.1, 0.15) is 19.8 Å². The molecule has 5 heteroatoms. The van der Waals surface area contributed by atoms with Crippen molar-refractivity contribution in [2.75, 3.05) is 5.01 Å². The maximum absolute atomic E-state index is 12.4. The number of rotatable bonds is 2. The Labute approximate surface area is 120 Å². The van der Waals surface area contributed by atoms with E-state index >= 15 is 0 Å². The van der Waals surface area contributed by atoms with Crippen molar-refractivity contribution in [1.29, 1.82) is 0 Å². The van der Waals surface area contributed by atoms with Gasteiger partial charge in [-0.2, -0.15) is 10.1 Å². The molecule has 1 aliphatic heterocycles. The zero-order valence-electron chi connectivity index (χ0n) is 11.0.